The van der Waals surface area contributed by atoms with E-state index < -0.39 is 0 Å². The van der Waals surface area contributed by atoms with Gasteiger partial charge in [-0.3, -0.25) is 0 Å². The van der Waals surface area contributed by atoms with Crippen LogP contribution in [-0.4, -0.2) is 29.1 Å². The first kappa shape index (κ1) is 24.4. The van der Waals surface area contributed by atoms with E-state index in [4.69, 9.17) is 0 Å². The van der Waals surface area contributed by atoms with Gasteiger partial charge < -0.3 is 9.80 Å². The first-order valence-electron chi connectivity index (χ1n) is 12.5. The maximum absolute atomic E-state index is 2.54. The fourth-order valence-electron chi connectivity index (χ4n) is 4.17. The highest BCUT2D eigenvalue weighted by atomic mass is 15.4. The molecule has 160 valence electrons. The number of unbranched alkanes of at least 4 members (excludes halogenated alkanes) is 15. The zero-order valence-electron chi connectivity index (χ0n) is 19.1. The van der Waals surface area contributed by atoms with Crippen molar-refractivity contribution in [3.05, 3.63) is 12.4 Å². The van der Waals surface area contributed by atoms with Crippen LogP contribution in [0.2, 0.25) is 0 Å². The first-order chi connectivity index (χ1) is 13.3. The van der Waals surface area contributed by atoms with E-state index in [0.29, 0.717) is 6.17 Å². The summed E-state index contributed by atoms with van der Waals surface area (Å²) in [6.07, 6.45) is 29.4. The van der Waals surface area contributed by atoms with E-state index in [-0.39, 0.29) is 0 Å². The van der Waals surface area contributed by atoms with Gasteiger partial charge in [-0.15, -0.1) is 0 Å². The van der Waals surface area contributed by atoms with Crippen LogP contribution in [0.1, 0.15) is 130 Å². The monoisotopic (exact) mass is 378 g/mol. The van der Waals surface area contributed by atoms with E-state index in [1.54, 1.807) is 0 Å². The Morgan fingerprint density at radius 3 is 1.15 bits per heavy atom. The summed E-state index contributed by atoms with van der Waals surface area (Å²) in [5.41, 5.74) is 0. The highest BCUT2D eigenvalue weighted by molar-refractivity contribution is 4.95. The number of hydrogen-bond acceptors (Lipinski definition) is 2. The fourth-order valence-corrected chi connectivity index (χ4v) is 4.17. The minimum atomic E-state index is 0.573. The molecule has 0 N–H and O–H groups in total. The Kier molecular flexibility index (Phi) is 15.7. The molecule has 0 aromatic heterocycles. The molecule has 0 aromatic rings. The van der Waals surface area contributed by atoms with Crippen LogP contribution in [0.5, 0.6) is 0 Å². The second-order valence-electron chi connectivity index (χ2n) is 8.71. The Hall–Kier alpha value is -0.660. The van der Waals surface area contributed by atoms with E-state index in [2.05, 4.69) is 43.0 Å². The molecule has 0 amide bonds. The summed E-state index contributed by atoms with van der Waals surface area (Å²) in [4.78, 5) is 5.07. The molecular formula is C25H50N2. The third kappa shape index (κ3) is 12.4. The third-order valence-electron chi connectivity index (χ3n) is 6.20. The Morgan fingerprint density at radius 1 is 0.481 bits per heavy atom. The predicted molar refractivity (Wildman–Crippen MR) is 122 cm³/mol. The fraction of sp³-hybridized carbons (Fsp3) is 0.920. The van der Waals surface area contributed by atoms with Crippen molar-refractivity contribution in [2.24, 2.45) is 0 Å². The van der Waals surface area contributed by atoms with Gasteiger partial charge in [0.2, 0.25) is 0 Å². The van der Waals surface area contributed by atoms with Crippen molar-refractivity contribution in [3.8, 4) is 0 Å². The van der Waals surface area contributed by atoms with Crippen LogP contribution < -0.4 is 0 Å². The quantitative estimate of drug-likeness (QED) is 0.209. The molecule has 2 nitrogen and oxygen atoms in total. The van der Waals surface area contributed by atoms with Gasteiger partial charge in [-0.05, 0) is 19.8 Å². The molecule has 1 aliphatic rings. The molecule has 1 heterocycles. The number of hydrogen-bond donors (Lipinski definition) is 0. The average molecular weight is 379 g/mol. The van der Waals surface area contributed by atoms with Crippen molar-refractivity contribution in [1.29, 1.82) is 0 Å². The SMILES string of the molecule is CCCCCCCCCCCCCCCN1C=CN(CCCCCC)C1C. The summed E-state index contributed by atoms with van der Waals surface area (Å²) < 4.78 is 0. The van der Waals surface area contributed by atoms with Crippen molar-refractivity contribution in [3.63, 3.8) is 0 Å². The van der Waals surface area contributed by atoms with Gasteiger partial charge >= 0.3 is 0 Å². The molecule has 0 bridgehead atoms. The highest BCUT2D eigenvalue weighted by Crippen LogP contribution is 2.18. The number of nitrogens with zero attached hydrogens (tertiary/aromatic N) is 2. The summed E-state index contributed by atoms with van der Waals surface area (Å²) in [5.74, 6) is 0. The van der Waals surface area contributed by atoms with Crippen LogP contribution in [0.3, 0.4) is 0 Å². The van der Waals surface area contributed by atoms with Crippen LogP contribution in [0.15, 0.2) is 12.4 Å². The van der Waals surface area contributed by atoms with Crippen LogP contribution in [0.4, 0.5) is 0 Å². The standard InChI is InChI=1S/C25H50N2/c1-4-6-8-10-11-12-13-14-15-16-17-18-20-22-27-24-23-26(25(27)3)21-19-9-7-5-2/h23-25H,4-22H2,1-3H3. The first-order valence-corrected chi connectivity index (χ1v) is 12.5. The maximum Gasteiger partial charge on any atom is 0.0977 e. The van der Waals surface area contributed by atoms with Crippen LogP contribution in [-0.2, 0) is 0 Å². The van der Waals surface area contributed by atoms with Crippen LogP contribution in [0.25, 0.3) is 0 Å². The summed E-state index contributed by atoms with van der Waals surface area (Å²) >= 11 is 0. The molecule has 0 radical (unpaired) electrons. The molecule has 0 fully saturated rings. The molecule has 0 saturated heterocycles. The van der Waals surface area contributed by atoms with Gasteiger partial charge in [0.1, 0.15) is 0 Å². The number of rotatable bonds is 19. The zero-order chi connectivity index (χ0) is 19.6. The van der Waals surface area contributed by atoms with Gasteiger partial charge in [-0.1, -0.05) is 110 Å². The minimum Gasteiger partial charge on any atom is -0.356 e. The van der Waals surface area contributed by atoms with E-state index in [1.807, 2.05) is 0 Å². The molecule has 1 unspecified atom stereocenters. The van der Waals surface area contributed by atoms with Crippen molar-refractivity contribution in [2.45, 2.75) is 136 Å². The maximum atomic E-state index is 2.54. The molecule has 0 saturated carbocycles. The molecule has 0 aliphatic carbocycles. The molecule has 1 atom stereocenters. The van der Waals surface area contributed by atoms with Gasteiger partial charge in [0.15, 0.2) is 0 Å². The summed E-state index contributed by atoms with van der Waals surface area (Å²) in [7, 11) is 0. The lowest BCUT2D eigenvalue weighted by Gasteiger charge is -2.29. The summed E-state index contributed by atoms with van der Waals surface area (Å²) in [6, 6.07) is 0. The van der Waals surface area contributed by atoms with Crippen LogP contribution in [0, 0.1) is 0 Å². The Bertz CT molecular complexity index is 339. The third-order valence-corrected chi connectivity index (χ3v) is 6.20. The highest BCUT2D eigenvalue weighted by Gasteiger charge is 2.20. The largest absolute Gasteiger partial charge is 0.356 e. The Balaban J connectivity index is 1.86. The minimum absolute atomic E-state index is 0.573. The molecule has 1 rings (SSSR count). The Labute approximate surface area is 171 Å². The topological polar surface area (TPSA) is 6.48 Å². The van der Waals surface area contributed by atoms with E-state index in [0.717, 1.165) is 0 Å². The molecule has 1 aliphatic heterocycles. The van der Waals surface area contributed by atoms with Gasteiger partial charge in [-0.2, -0.15) is 0 Å². The van der Waals surface area contributed by atoms with Gasteiger partial charge in [-0.25, -0.2) is 0 Å². The van der Waals surface area contributed by atoms with Crippen LogP contribution >= 0.6 is 0 Å². The van der Waals surface area contributed by atoms with Crippen molar-refractivity contribution < 1.29 is 0 Å². The average Bonchev–Trinajstić information content (AvgIpc) is 3.02. The second-order valence-corrected chi connectivity index (χ2v) is 8.71. The molecule has 0 spiro atoms. The van der Waals surface area contributed by atoms with Crippen molar-refractivity contribution in [2.75, 3.05) is 13.1 Å². The molecular weight excluding hydrogens is 328 g/mol. The van der Waals surface area contributed by atoms with E-state index in [9.17, 15) is 0 Å². The van der Waals surface area contributed by atoms with E-state index in [1.165, 1.54) is 122 Å². The van der Waals surface area contributed by atoms with E-state index >= 15 is 0 Å². The normalized spacial score (nSPS) is 16.6. The van der Waals surface area contributed by atoms with Gasteiger partial charge in [0.25, 0.3) is 0 Å². The molecule has 0 aromatic carbocycles. The summed E-state index contributed by atoms with van der Waals surface area (Å²) in [5, 5.41) is 0. The lowest BCUT2D eigenvalue weighted by molar-refractivity contribution is 0.165. The van der Waals surface area contributed by atoms with Gasteiger partial charge in [0.05, 0.1) is 6.17 Å². The second kappa shape index (κ2) is 17.4. The lowest BCUT2D eigenvalue weighted by Crippen LogP contribution is -2.36. The zero-order valence-corrected chi connectivity index (χ0v) is 19.1. The lowest BCUT2D eigenvalue weighted by atomic mass is 10.0. The van der Waals surface area contributed by atoms with Gasteiger partial charge in [0, 0.05) is 25.5 Å². The molecule has 2 heteroatoms. The molecule has 27 heavy (non-hydrogen) atoms. The predicted octanol–water partition coefficient (Wildman–Crippen LogP) is 8.09. The Morgan fingerprint density at radius 2 is 0.778 bits per heavy atom. The summed E-state index contributed by atoms with van der Waals surface area (Å²) in [6.45, 7) is 9.41. The smallest absolute Gasteiger partial charge is 0.0977 e. The van der Waals surface area contributed by atoms with Crippen molar-refractivity contribution >= 4 is 0 Å². The van der Waals surface area contributed by atoms with Crippen molar-refractivity contribution in [1.82, 2.24) is 9.80 Å².